The van der Waals surface area contributed by atoms with Gasteiger partial charge in [-0.1, -0.05) is 13.8 Å². The zero-order valence-electron chi connectivity index (χ0n) is 12.5. The van der Waals surface area contributed by atoms with E-state index in [-0.39, 0.29) is 0 Å². The lowest BCUT2D eigenvalue weighted by atomic mass is 9.70. The molecule has 1 saturated carbocycles. The van der Waals surface area contributed by atoms with Crippen molar-refractivity contribution in [3.05, 3.63) is 18.0 Å². The predicted molar refractivity (Wildman–Crippen MR) is 78.4 cm³/mol. The highest BCUT2D eigenvalue weighted by molar-refractivity contribution is 5.00. The summed E-state index contributed by atoms with van der Waals surface area (Å²) in [6.45, 7) is 4.76. The first-order valence-electron chi connectivity index (χ1n) is 7.45. The van der Waals surface area contributed by atoms with Crippen LogP contribution in [0.25, 0.3) is 0 Å². The average molecular weight is 264 g/mol. The molecule has 0 radical (unpaired) electrons. The molecule has 1 fully saturated rings. The van der Waals surface area contributed by atoms with Gasteiger partial charge in [-0.05, 0) is 55.9 Å². The van der Waals surface area contributed by atoms with Gasteiger partial charge in [-0.3, -0.25) is 16.0 Å². The van der Waals surface area contributed by atoms with E-state index >= 15 is 0 Å². The molecule has 19 heavy (non-hydrogen) atoms. The molecule has 1 atom stereocenters. The molecule has 4 heteroatoms. The molecular weight excluding hydrogens is 236 g/mol. The molecule has 1 aliphatic carbocycles. The number of aromatic nitrogens is 2. The lowest BCUT2D eigenvalue weighted by Crippen LogP contribution is -2.43. The highest BCUT2D eigenvalue weighted by Gasteiger charge is 2.30. The van der Waals surface area contributed by atoms with Gasteiger partial charge >= 0.3 is 0 Å². The Labute approximate surface area is 116 Å². The van der Waals surface area contributed by atoms with E-state index in [0.717, 1.165) is 18.8 Å². The van der Waals surface area contributed by atoms with Crippen LogP contribution in [-0.2, 0) is 13.5 Å². The lowest BCUT2D eigenvalue weighted by Gasteiger charge is -2.37. The summed E-state index contributed by atoms with van der Waals surface area (Å²) in [6, 6.07) is 2.53. The van der Waals surface area contributed by atoms with Crippen molar-refractivity contribution in [1.29, 1.82) is 0 Å². The normalized spacial score (nSPS) is 21.5. The summed E-state index contributed by atoms with van der Waals surface area (Å²) in [5.41, 5.74) is 4.87. The molecule has 1 aliphatic rings. The maximum Gasteiger partial charge on any atom is 0.0492 e. The van der Waals surface area contributed by atoms with Crippen LogP contribution >= 0.6 is 0 Å². The van der Waals surface area contributed by atoms with Crippen molar-refractivity contribution < 1.29 is 0 Å². The molecule has 0 aromatic carbocycles. The third kappa shape index (κ3) is 3.80. The summed E-state index contributed by atoms with van der Waals surface area (Å²) in [7, 11) is 2.00. The van der Waals surface area contributed by atoms with Gasteiger partial charge in [-0.25, -0.2) is 0 Å². The largest absolute Gasteiger partial charge is 0.273 e. The molecule has 0 saturated heterocycles. The van der Waals surface area contributed by atoms with E-state index in [1.54, 1.807) is 0 Å². The zero-order valence-corrected chi connectivity index (χ0v) is 12.5. The number of nitrogens with two attached hydrogens (primary N) is 1. The Balaban J connectivity index is 1.85. The summed E-state index contributed by atoms with van der Waals surface area (Å²) in [5, 5.41) is 4.22. The summed E-state index contributed by atoms with van der Waals surface area (Å²) in [4.78, 5) is 0. The molecule has 1 aromatic rings. The molecule has 0 aliphatic heterocycles. The fourth-order valence-corrected chi connectivity index (χ4v) is 3.23. The molecular formula is C15H28N4. The van der Waals surface area contributed by atoms with Gasteiger partial charge < -0.3 is 0 Å². The number of hydrazine groups is 1. The minimum atomic E-state index is 0.436. The first-order valence-corrected chi connectivity index (χ1v) is 7.45. The summed E-state index contributed by atoms with van der Waals surface area (Å²) in [5.74, 6) is 6.50. The molecule has 2 rings (SSSR count). The predicted octanol–water partition coefficient (Wildman–Crippen LogP) is 2.40. The van der Waals surface area contributed by atoms with Crippen LogP contribution in [0.4, 0.5) is 0 Å². The molecule has 0 spiro atoms. The Bertz CT molecular complexity index is 387. The van der Waals surface area contributed by atoms with Crippen molar-refractivity contribution in [1.82, 2.24) is 15.2 Å². The lowest BCUT2D eigenvalue weighted by molar-refractivity contribution is 0.157. The second kappa shape index (κ2) is 6.06. The van der Waals surface area contributed by atoms with E-state index < -0.39 is 0 Å². The van der Waals surface area contributed by atoms with E-state index in [4.69, 9.17) is 5.84 Å². The topological polar surface area (TPSA) is 55.9 Å². The number of nitrogens with one attached hydrogen (secondary N) is 1. The smallest absolute Gasteiger partial charge is 0.0492 e. The van der Waals surface area contributed by atoms with Crippen LogP contribution in [0.2, 0.25) is 0 Å². The van der Waals surface area contributed by atoms with Crippen LogP contribution in [0.3, 0.4) is 0 Å². The SMILES string of the molecule is Cn1nccc1CCC(NN)C1CCC(C)(C)CC1. The molecule has 1 heterocycles. The Morgan fingerprint density at radius 2 is 2.16 bits per heavy atom. The van der Waals surface area contributed by atoms with E-state index in [0.29, 0.717) is 11.5 Å². The van der Waals surface area contributed by atoms with Gasteiger partial charge in [0.15, 0.2) is 0 Å². The first-order chi connectivity index (χ1) is 9.02. The third-order valence-electron chi connectivity index (χ3n) is 4.80. The second-order valence-corrected chi connectivity index (χ2v) is 6.76. The molecule has 108 valence electrons. The van der Waals surface area contributed by atoms with Gasteiger partial charge in [-0.15, -0.1) is 0 Å². The van der Waals surface area contributed by atoms with Gasteiger partial charge in [0, 0.05) is 25.0 Å². The average Bonchev–Trinajstić information content (AvgIpc) is 2.77. The van der Waals surface area contributed by atoms with Crippen LogP contribution < -0.4 is 11.3 Å². The molecule has 0 amide bonds. The maximum absolute atomic E-state index is 5.78. The maximum atomic E-state index is 5.78. The van der Waals surface area contributed by atoms with Crippen molar-refractivity contribution in [2.45, 2.75) is 58.4 Å². The standard InChI is InChI=1S/C15H28N4/c1-15(2)9-6-12(7-10-15)14(18-16)5-4-13-8-11-17-19(13)3/h8,11-12,14,18H,4-7,9-10,16H2,1-3H3. The van der Waals surface area contributed by atoms with Crippen molar-refractivity contribution >= 4 is 0 Å². The zero-order chi connectivity index (χ0) is 13.9. The number of rotatable bonds is 5. The molecule has 3 N–H and O–H groups in total. The van der Waals surface area contributed by atoms with E-state index in [9.17, 15) is 0 Å². The third-order valence-corrected chi connectivity index (χ3v) is 4.80. The Kier molecular flexibility index (Phi) is 4.63. The van der Waals surface area contributed by atoms with E-state index in [1.165, 1.54) is 31.4 Å². The van der Waals surface area contributed by atoms with Crippen LogP contribution in [-0.4, -0.2) is 15.8 Å². The van der Waals surface area contributed by atoms with Gasteiger partial charge in [-0.2, -0.15) is 5.10 Å². The fraction of sp³-hybridized carbons (Fsp3) is 0.800. The molecule has 1 unspecified atom stereocenters. The van der Waals surface area contributed by atoms with Crippen LogP contribution in [0, 0.1) is 11.3 Å². The van der Waals surface area contributed by atoms with Gasteiger partial charge in [0.25, 0.3) is 0 Å². The quantitative estimate of drug-likeness (QED) is 0.634. The van der Waals surface area contributed by atoms with Gasteiger partial charge in [0.2, 0.25) is 0 Å². The monoisotopic (exact) mass is 264 g/mol. The van der Waals surface area contributed by atoms with Crippen molar-refractivity contribution in [3.8, 4) is 0 Å². The summed E-state index contributed by atoms with van der Waals surface area (Å²) in [6.07, 6.45) is 9.25. The van der Waals surface area contributed by atoms with Gasteiger partial charge in [0.05, 0.1) is 0 Å². The van der Waals surface area contributed by atoms with Crippen LogP contribution in [0.15, 0.2) is 12.3 Å². The fourth-order valence-electron chi connectivity index (χ4n) is 3.23. The highest BCUT2D eigenvalue weighted by atomic mass is 15.3. The van der Waals surface area contributed by atoms with E-state index in [1.807, 2.05) is 17.9 Å². The minimum Gasteiger partial charge on any atom is -0.273 e. The Hall–Kier alpha value is -0.870. The first kappa shape index (κ1) is 14.5. The van der Waals surface area contributed by atoms with Crippen LogP contribution in [0.1, 0.15) is 51.6 Å². The minimum absolute atomic E-state index is 0.436. The number of hydrogen-bond donors (Lipinski definition) is 2. The molecule has 4 nitrogen and oxygen atoms in total. The van der Waals surface area contributed by atoms with Gasteiger partial charge in [0.1, 0.15) is 0 Å². The molecule has 1 aromatic heterocycles. The van der Waals surface area contributed by atoms with E-state index in [2.05, 4.69) is 30.4 Å². The highest BCUT2D eigenvalue weighted by Crippen LogP contribution is 2.39. The Morgan fingerprint density at radius 3 is 2.68 bits per heavy atom. The number of nitrogens with zero attached hydrogens (tertiary/aromatic N) is 2. The van der Waals surface area contributed by atoms with Crippen molar-refractivity contribution in [2.24, 2.45) is 24.2 Å². The molecule has 0 bridgehead atoms. The summed E-state index contributed by atoms with van der Waals surface area (Å²) >= 11 is 0. The number of aryl methyl sites for hydroxylation is 2. The summed E-state index contributed by atoms with van der Waals surface area (Å²) < 4.78 is 1.96. The Morgan fingerprint density at radius 1 is 1.47 bits per heavy atom. The van der Waals surface area contributed by atoms with Crippen molar-refractivity contribution in [2.75, 3.05) is 0 Å². The van der Waals surface area contributed by atoms with Crippen LogP contribution in [0.5, 0.6) is 0 Å². The number of hydrogen-bond acceptors (Lipinski definition) is 3. The second-order valence-electron chi connectivity index (χ2n) is 6.76. The van der Waals surface area contributed by atoms with Crippen molar-refractivity contribution in [3.63, 3.8) is 0 Å².